The third-order valence-electron chi connectivity index (χ3n) is 1.16. The molecule has 0 saturated carbocycles. The van der Waals surface area contributed by atoms with Gasteiger partial charge in [0.05, 0.1) is 0 Å². The number of aliphatic hydroxyl groups excluding tert-OH is 1. The molecule has 0 aromatic rings. The van der Waals surface area contributed by atoms with Gasteiger partial charge in [-0.05, 0) is 12.2 Å². The second-order valence-electron chi connectivity index (χ2n) is 2.01. The summed E-state index contributed by atoms with van der Waals surface area (Å²) in [6.45, 7) is 0. The van der Waals surface area contributed by atoms with Gasteiger partial charge in [-0.2, -0.15) is 0 Å². The van der Waals surface area contributed by atoms with E-state index in [9.17, 15) is 0 Å². The maximum absolute atomic E-state index is 9.10. The molecule has 0 heterocycles. The molecule has 0 aliphatic heterocycles. The first-order valence-corrected chi connectivity index (χ1v) is 3.78. The smallest absolute Gasteiger partial charge is 0.167 e. The van der Waals surface area contributed by atoms with Crippen LogP contribution in [-0.4, -0.2) is 15.5 Å². The maximum Gasteiger partial charge on any atom is 0.167 e. The average molecular weight is 199 g/mol. The number of alkyl halides is 2. The maximum atomic E-state index is 9.10. The van der Waals surface area contributed by atoms with Crippen molar-refractivity contribution in [2.75, 3.05) is 0 Å². The summed E-state index contributed by atoms with van der Waals surface area (Å²) in [7, 11) is 0. The molecule has 0 aromatic carbocycles. The van der Waals surface area contributed by atoms with Crippen LogP contribution in [0.15, 0.2) is 23.3 Å². The fraction of sp³-hybridized carbons (Fsp3) is 0.333. The lowest BCUT2D eigenvalue weighted by Crippen LogP contribution is -2.28. The zero-order valence-electron chi connectivity index (χ0n) is 4.89. The molecule has 0 saturated heterocycles. The van der Waals surface area contributed by atoms with Crippen LogP contribution in [0.25, 0.3) is 0 Å². The van der Waals surface area contributed by atoms with E-state index in [1.54, 1.807) is 6.08 Å². The minimum absolute atomic E-state index is 0.440. The van der Waals surface area contributed by atoms with E-state index in [0.717, 1.165) is 0 Å². The van der Waals surface area contributed by atoms with Crippen molar-refractivity contribution in [3.63, 3.8) is 0 Å². The number of halogens is 3. The molecular weight excluding hydrogens is 194 g/mol. The molecule has 1 nitrogen and oxygen atoms in total. The third-order valence-corrected chi connectivity index (χ3v) is 2.06. The lowest BCUT2D eigenvalue weighted by atomic mass is 10.1. The van der Waals surface area contributed by atoms with Gasteiger partial charge in [-0.25, -0.2) is 0 Å². The number of aliphatic hydroxyl groups is 1. The molecule has 1 N–H and O–H groups in total. The van der Waals surface area contributed by atoms with E-state index in [1.807, 2.05) is 0 Å². The number of rotatable bonds is 0. The van der Waals surface area contributed by atoms with Crippen molar-refractivity contribution in [3.8, 4) is 0 Å². The van der Waals surface area contributed by atoms with Crippen molar-refractivity contribution < 1.29 is 5.11 Å². The fourth-order valence-corrected chi connectivity index (χ4v) is 1.37. The number of hydrogen-bond donors (Lipinski definition) is 1. The molecule has 4 heteroatoms. The highest BCUT2D eigenvalue weighted by molar-refractivity contribution is 6.51. The van der Waals surface area contributed by atoms with Crippen LogP contribution in [0.5, 0.6) is 0 Å². The van der Waals surface area contributed by atoms with E-state index in [1.165, 1.54) is 12.2 Å². The number of hydrogen-bond acceptors (Lipinski definition) is 1. The predicted octanol–water partition coefficient (Wildman–Crippen LogP) is 2.21. The van der Waals surface area contributed by atoms with Crippen LogP contribution in [0.2, 0.25) is 0 Å². The zero-order valence-corrected chi connectivity index (χ0v) is 7.16. The topological polar surface area (TPSA) is 20.2 Å². The van der Waals surface area contributed by atoms with Crippen LogP contribution in [0.4, 0.5) is 0 Å². The Morgan fingerprint density at radius 2 is 2.10 bits per heavy atom. The number of allylic oxidation sites excluding steroid dienone is 2. The van der Waals surface area contributed by atoms with Crippen LogP contribution in [0.1, 0.15) is 0 Å². The lowest BCUT2D eigenvalue weighted by Gasteiger charge is -2.22. The molecule has 56 valence electrons. The molecule has 0 bridgehead atoms. The van der Waals surface area contributed by atoms with Gasteiger partial charge in [0, 0.05) is 5.03 Å². The van der Waals surface area contributed by atoms with Gasteiger partial charge < -0.3 is 5.11 Å². The van der Waals surface area contributed by atoms with Crippen molar-refractivity contribution in [3.05, 3.63) is 23.3 Å². The van der Waals surface area contributed by atoms with Gasteiger partial charge in [0.25, 0.3) is 0 Å². The minimum atomic E-state index is -1.27. The van der Waals surface area contributed by atoms with Gasteiger partial charge in [0.1, 0.15) is 6.10 Å². The van der Waals surface area contributed by atoms with Crippen LogP contribution in [-0.2, 0) is 0 Å². The molecule has 0 radical (unpaired) electrons. The minimum Gasteiger partial charge on any atom is -0.386 e. The molecule has 1 aliphatic rings. The first-order chi connectivity index (χ1) is 4.52. The largest absolute Gasteiger partial charge is 0.386 e. The monoisotopic (exact) mass is 198 g/mol. The summed E-state index contributed by atoms with van der Waals surface area (Å²) in [4.78, 5) is 0. The van der Waals surface area contributed by atoms with Crippen LogP contribution in [0.3, 0.4) is 0 Å². The summed E-state index contributed by atoms with van der Waals surface area (Å²) in [5.41, 5.74) is 0. The molecule has 0 fully saturated rings. The van der Waals surface area contributed by atoms with Crippen molar-refractivity contribution in [2.45, 2.75) is 10.4 Å². The van der Waals surface area contributed by atoms with E-state index in [-0.39, 0.29) is 0 Å². The van der Waals surface area contributed by atoms with Crippen LogP contribution < -0.4 is 0 Å². The standard InChI is InChI=1S/C6H5Cl3O/c7-4-1-2-5(10)6(8,9)3-4/h1-3,5,10H. The first-order valence-electron chi connectivity index (χ1n) is 2.65. The summed E-state index contributed by atoms with van der Waals surface area (Å²) in [5.74, 6) is 0. The summed E-state index contributed by atoms with van der Waals surface area (Å²) in [6, 6.07) is 0. The van der Waals surface area contributed by atoms with Gasteiger partial charge in [-0.15, -0.1) is 0 Å². The van der Waals surface area contributed by atoms with E-state index in [0.29, 0.717) is 5.03 Å². The molecule has 0 spiro atoms. The molecule has 1 aliphatic carbocycles. The average Bonchev–Trinajstić information content (AvgIpc) is 1.78. The Labute approximate surface area is 73.9 Å². The Morgan fingerprint density at radius 3 is 2.50 bits per heavy atom. The van der Waals surface area contributed by atoms with Gasteiger partial charge in [0.2, 0.25) is 0 Å². The first kappa shape index (κ1) is 8.41. The van der Waals surface area contributed by atoms with Gasteiger partial charge in [0.15, 0.2) is 4.33 Å². The fourth-order valence-electron chi connectivity index (χ4n) is 0.629. The Bertz CT molecular complexity index is 195. The Kier molecular flexibility index (Phi) is 2.31. The highest BCUT2D eigenvalue weighted by atomic mass is 35.5. The molecule has 1 rings (SSSR count). The molecule has 1 unspecified atom stereocenters. The zero-order chi connectivity index (χ0) is 7.78. The van der Waals surface area contributed by atoms with E-state index >= 15 is 0 Å². The van der Waals surface area contributed by atoms with Crippen molar-refractivity contribution in [1.82, 2.24) is 0 Å². The Hall–Kier alpha value is 0.310. The second kappa shape index (κ2) is 2.74. The van der Waals surface area contributed by atoms with E-state index in [2.05, 4.69) is 0 Å². The SMILES string of the molecule is OC1C=CC(Cl)=CC1(Cl)Cl. The Balaban J connectivity index is 2.88. The molecule has 0 aromatic heterocycles. The quantitative estimate of drug-likeness (QED) is 0.593. The molecule has 1 atom stereocenters. The summed E-state index contributed by atoms with van der Waals surface area (Å²) in [5, 5.41) is 9.54. The van der Waals surface area contributed by atoms with Crippen LogP contribution in [0, 0.1) is 0 Å². The molecule has 10 heavy (non-hydrogen) atoms. The van der Waals surface area contributed by atoms with Gasteiger partial charge >= 0.3 is 0 Å². The lowest BCUT2D eigenvalue weighted by molar-refractivity contribution is 0.217. The third kappa shape index (κ3) is 1.67. The highest BCUT2D eigenvalue weighted by Gasteiger charge is 2.31. The van der Waals surface area contributed by atoms with Crippen molar-refractivity contribution >= 4 is 34.8 Å². The van der Waals surface area contributed by atoms with E-state index in [4.69, 9.17) is 39.9 Å². The van der Waals surface area contributed by atoms with Gasteiger partial charge in [-0.3, -0.25) is 0 Å². The highest BCUT2D eigenvalue weighted by Crippen LogP contribution is 2.33. The van der Waals surface area contributed by atoms with Gasteiger partial charge in [-0.1, -0.05) is 40.9 Å². The predicted molar refractivity (Wildman–Crippen MR) is 43.5 cm³/mol. The normalized spacial score (nSPS) is 30.0. The van der Waals surface area contributed by atoms with E-state index < -0.39 is 10.4 Å². The Morgan fingerprint density at radius 1 is 1.50 bits per heavy atom. The van der Waals surface area contributed by atoms with Crippen LogP contribution >= 0.6 is 34.8 Å². The molecular formula is C6H5Cl3O. The summed E-state index contributed by atoms with van der Waals surface area (Å²) in [6.07, 6.45) is 3.51. The second-order valence-corrected chi connectivity index (χ2v) is 3.89. The molecule has 0 amide bonds. The summed E-state index contributed by atoms with van der Waals surface area (Å²) < 4.78 is -1.27. The summed E-state index contributed by atoms with van der Waals surface area (Å²) >= 11 is 16.8. The van der Waals surface area contributed by atoms with Crippen molar-refractivity contribution in [2.24, 2.45) is 0 Å². The van der Waals surface area contributed by atoms with Crippen molar-refractivity contribution in [1.29, 1.82) is 0 Å².